The van der Waals surface area contributed by atoms with Crippen molar-refractivity contribution >= 4 is 21.8 Å². The normalized spacial score (nSPS) is 24.7. The van der Waals surface area contributed by atoms with E-state index in [2.05, 4.69) is 15.9 Å². The van der Waals surface area contributed by atoms with Crippen LogP contribution in [0, 0.1) is 0 Å². The van der Waals surface area contributed by atoms with Crippen LogP contribution in [-0.2, 0) is 14.3 Å². The second-order valence-electron chi connectivity index (χ2n) is 4.02. The van der Waals surface area contributed by atoms with Gasteiger partial charge in [0.25, 0.3) is 5.91 Å². The fraction of sp³-hybridized carbons (Fsp3) is 0.909. The lowest BCUT2D eigenvalue weighted by Crippen LogP contribution is -2.42. The van der Waals surface area contributed by atoms with E-state index in [0.717, 1.165) is 18.2 Å². The lowest BCUT2D eigenvalue weighted by molar-refractivity contribution is -0.142. The maximum absolute atomic E-state index is 12.1. The molecular weight excluding hydrogens is 274 g/mol. The Morgan fingerprint density at radius 3 is 2.75 bits per heavy atom. The molecule has 1 aliphatic heterocycles. The summed E-state index contributed by atoms with van der Waals surface area (Å²) >= 11 is 3.36. The molecule has 2 unspecified atom stereocenters. The van der Waals surface area contributed by atoms with Crippen LogP contribution in [0.1, 0.15) is 19.8 Å². The first-order valence-corrected chi connectivity index (χ1v) is 6.80. The number of halogens is 1. The molecule has 2 atom stereocenters. The van der Waals surface area contributed by atoms with E-state index in [1.165, 1.54) is 0 Å². The van der Waals surface area contributed by atoms with Gasteiger partial charge in [0, 0.05) is 25.5 Å². The molecule has 1 saturated heterocycles. The molecule has 0 saturated carbocycles. The van der Waals surface area contributed by atoms with E-state index < -0.39 is 0 Å². The molecular formula is C11H20BrNO3. The van der Waals surface area contributed by atoms with E-state index in [-0.39, 0.29) is 18.1 Å². The summed E-state index contributed by atoms with van der Waals surface area (Å²) in [5.74, 6) is 0.0980. The number of rotatable bonds is 6. The molecule has 0 spiro atoms. The number of hydrogen-bond donors (Lipinski definition) is 0. The van der Waals surface area contributed by atoms with Gasteiger partial charge in [-0.25, -0.2) is 0 Å². The highest BCUT2D eigenvalue weighted by Gasteiger charge is 2.31. The van der Waals surface area contributed by atoms with Gasteiger partial charge in [-0.05, 0) is 19.8 Å². The van der Waals surface area contributed by atoms with Crippen LogP contribution < -0.4 is 0 Å². The van der Waals surface area contributed by atoms with Crippen LogP contribution in [0.4, 0.5) is 0 Å². The van der Waals surface area contributed by atoms with E-state index in [0.29, 0.717) is 19.7 Å². The standard InChI is InChI=1S/C11H20BrNO3/c1-9-3-4-10(16-9)11(14)13(6-5-12)7-8-15-2/h9-10H,3-8H2,1-2H3. The molecule has 0 N–H and O–H groups in total. The van der Waals surface area contributed by atoms with Crippen LogP contribution in [0.3, 0.4) is 0 Å². The van der Waals surface area contributed by atoms with Gasteiger partial charge < -0.3 is 14.4 Å². The molecule has 1 heterocycles. The van der Waals surface area contributed by atoms with Gasteiger partial charge in [0.1, 0.15) is 6.10 Å². The van der Waals surface area contributed by atoms with Crippen molar-refractivity contribution in [3.63, 3.8) is 0 Å². The Balaban J connectivity index is 2.45. The maximum atomic E-state index is 12.1. The molecule has 1 amide bonds. The van der Waals surface area contributed by atoms with Crippen molar-refractivity contribution in [2.24, 2.45) is 0 Å². The van der Waals surface area contributed by atoms with Gasteiger partial charge in [0.05, 0.1) is 12.7 Å². The van der Waals surface area contributed by atoms with Crippen molar-refractivity contribution in [1.82, 2.24) is 4.90 Å². The highest BCUT2D eigenvalue weighted by atomic mass is 79.9. The molecule has 0 aromatic heterocycles. The van der Waals surface area contributed by atoms with Gasteiger partial charge in [-0.3, -0.25) is 4.79 Å². The van der Waals surface area contributed by atoms with Crippen LogP contribution in [0.15, 0.2) is 0 Å². The lowest BCUT2D eigenvalue weighted by atomic mass is 10.2. The van der Waals surface area contributed by atoms with Gasteiger partial charge in [-0.1, -0.05) is 15.9 Å². The second-order valence-corrected chi connectivity index (χ2v) is 4.81. The van der Waals surface area contributed by atoms with Crippen molar-refractivity contribution < 1.29 is 14.3 Å². The topological polar surface area (TPSA) is 38.8 Å². The number of ether oxygens (including phenoxy) is 2. The molecule has 0 radical (unpaired) electrons. The maximum Gasteiger partial charge on any atom is 0.251 e. The second kappa shape index (κ2) is 7.25. The molecule has 94 valence electrons. The summed E-state index contributed by atoms with van der Waals surface area (Å²) in [6.45, 7) is 3.92. The molecule has 1 aliphatic rings. The summed E-state index contributed by atoms with van der Waals surface area (Å²) in [5.41, 5.74) is 0. The number of methoxy groups -OCH3 is 1. The molecule has 5 heteroatoms. The van der Waals surface area contributed by atoms with Crippen molar-refractivity contribution in [1.29, 1.82) is 0 Å². The number of carbonyl (C=O) groups is 1. The van der Waals surface area contributed by atoms with Crippen LogP contribution in [-0.4, -0.2) is 55.2 Å². The first-order chi connectivity index (χ1) is 7.69. The van der Waals surface area contributed by atoms with E-state index >= 15 is 0 Å². The third kappa shape index (κ3) is 4.03. The van der Waals surface area contributed by atoms with Gasteiger partial charge in [0.2, 0.25) is 0 Å². The predicted octanol–water partition coefficient (Wildman–Crippen LogP) is 1.42. The van der Waals surface area contributed by atoms with Gasteiger partial charge in [-0.15, -0.1) is 0 Å². The number of hydrogen-bond acceptors (Lipinski definition) is 3. The predicted molar refractivity (Wildman–Crippen MR) is 65.8 cm³/mol. The average Bonchev–Trinajstić information content (AvgIpc) is 2.70. The summed E-state index contributed by atoms with van der Waals surface area (Å²) in [6.07, 6.45) is 1.78. The SMILES string of the molecule is COCCN(CCBr)C(=O)C1CCC(C)O1. The van der Waals surface area contributed by atoms with E-state index in [9.17, 15) is 4.79 Å². The van der Waals surface area contributed by atoms with Gasteiger partial charge in [0.15, 0.2) is 0 Å². The summed E-state index contributed by atoms with van der Waals surface area (Å²) < 4.78 is 10.6. The van der Waals surface area contributed by atoms with Crippen LogP contribution >= 0.6 is 15.9 Å². The third-order valence-electron chi connectivity index (χ3n) is 2.74. The molecule has 0 aromatic carbocycles. The fourth-order valence-electron chi connectivity index (χ4n) is 1.82. The average molecular weight is 294 g/mol. The lowest BCUT2D eigenvalue weighted by Gasteiger charge is -2.24. The zero-order valence-corrected chi connectivity index (χ0v) is 11.5. The molecule has 0 aromatic rings. The summed E-state index contributed by atoms with van der Waals surface area (Å²) in [4.78, 5) is 13.9. The van der Waals surface area contributed by atoms with Crippen molar-refractivity contribution in [3.8, 4) is 0 Å². The monoisotopic (exact) mass is 293 g/mol. The molecule has 0 bridgehead atoms. The summed E-state index contributed by atoms with van der Waals surface area (Å²) in [5, 5.41) is 0.782. The van der Waals surface area contributed by atoms with Gasteiger partial charge in [-0.2, -0.15) is 0 Å². The molecule has 4 nitrogen and oxygen atoms in total. The quantitative estimate of drug-likeness (QED) is 0.696. The third-order valence-corrected chi connectivity index (χ3v) is 3.09. The van der Waals surface area contributed by atoms with Crippen LogP contribution in [0.5, 0.6) is 0 Å². The van der Waals surface area contributed by atoms with Crippen LogP contribution in [0.25, 0.3) is 0 Å². The largest absolute Gasteiger partial charge is 0.383 e. The summed E-state index contributed by atoms with van der Waals surface area (Å²) in [6, 6.07) is 0. The molecule has 1 fully saturated rings. The zero-order chi connectivity index (χ0) is 12.0. The molecule has 16 heavy (non-hydrogen) atoms. The van der Waals surface area contributed by atoms with E-state index in [1.807, 2.05) is 6.92 Å². The Hall–Kier alpha value is -0.130. The number of amides is 1. The van der Waals surface area contributed by atoms with Crippen molar-refractivity contribution in [2.45, 2.75) is 32.0 Å². The Bertz CT molecular complexity index is 225. The minimum absolute atomic E-state index is 0.0980. The van der Waals surface area contributed by atoms with Gasteiger partial charge >= 0.3 is 0 Å². The first-order valence-electron chi connectivity index (χ1n) is 5.68. The first kappa shape index (κ1) is 13.9. The Kier molecular flexibility index (Phi) is 6.31. The van der Waals surface area contributed by atoms with Crippen molar-refractivity contribution in [3.05, 3.63) is 0 Å². The highest BCUT2D eigenvalue weighted by Crippen LogP contribution is 2.20. The minimum atomic E-state index is -0.245. The minimum Gasteiger partial charge on any atom is -0.383 e. The molecule has 0 aliphatic carbocycles. The van der Waals surface area contributed by atoms with Crippen LogP contribution in [0.2, 0.25) is 0 Å². The fourth-order valence-corrected chi connectivity index (χ4v) is 2.25. The molecule has 1 rings (SSSR count). The van der Waals surface area contributed by atoms with E-state index in [1.54, 1.807) is 12.0 Å². The Morgan fingerprint density at radius 2 is 2.25 bits per heavy atom. The Labute approximate surface area is 105 Å². The van der Waals surface area contributed by atoms with E-state index in [4.69, 9.17) is 9.47 Å². The zero-order valence-electron chi connectivity index (χ0n) is 9.95. The number of carbonyl (C=O) groups excluding carboxylic acids is 1. The number of alkyl halides is 1. The summed E-state index contributed by atoms with van der Waals surface area (Å²) in [7, 11) is 1.64. The number of nitrogens with zero attached hydrogens (tertiary/aromatic N) is 1. The Morgan fingerprint density at radius 1 is 1.50 bits per heavy atom. The highest BCUT2D eigenvalue weighted by molar-refractivity contribution is 9.09. The smallest absolute Gasteiger partial charge is 0.251 e. The van der Waals surface area contributed by atoms with Crippen molar-refractivity contribution in [2.75, 3.05) is 32.1 Å².